The molecule has 3 aromatic rings. The molecule has 0 fully saturated rings. The highest BCUT2D eigenvalue weighted by atomic mass is 16.6. The van der Waals surface area contributed by atoms with Crippen molar-refractivity contribution in [2.75, 3.05) is 13.7 Å². The van der Waals surface area contributed by atoms with E-state index in [4.69, 9.17) is 18.7 Å². The summed E-state index contributed by atoms with van der Waals surface area (Å²) in [5, 5.41) is 15.3. The molecule has 0 unspecified atom stereocenters. The molecule has 0 amide bonds. The van der Waals surface area contributed by atoms with Crippen LogP contribution in [0.15, 0.2) is 40.9 Å². The molecule has 0 saturated carbocycles. The highest BCUT2D eigenvalue weighted by Gasteiger charge is 2.26. The van der Waals surface area contributed by atoms with Gasteiger partial charge in [-0.3, -0.25) is 10.1 Å². The van der Waals surface area contributed by atoms with Gasteiger partial charge in [-0.25, -0.2) is 4.79 Å². The van der Waals surface area contributed by atoms with Crippen molar-refractivity contribution in [1.29, 1.82) is 0 Å². The molecule has 0 spiro atoms. The maximum Gasteiger partial charge on any atom is 0.345 e. The number of aryl methyl sites for hydroxylation is 1. The number of ether oxygens (including phenoxy) is 3. The number of esters is 1. The van der Waals surface area contributed by atoms with E-state index in [0.29, 0.717) is 5.82 Å². The Bertz CT molecular complexity index is 1080. The van der Waals surface area contributed by atoms with Gasteiger partial charge in [-0.05, 0) is 19.4 Å². The first kappa shape index (κ1) is 20.8. The molecule has 156 valence electrons. The molecule has 10 nitrogen and oxygen atoms in total. The van der Waals surface area contributed by atoms with Gasteiger partial charge in [0.2, 0.25) is 5.82 Å². The van der Waals surface area contributed by atoms with Crippen LogP contribution >= 0.6 is 0 Å². The molecule has 30 heavy (non-hydrogen) atoms. The van der Waals surface area contributed by atoms with Crippen molar-refractivity contribution in [3.63, 3.8) is 0 Å². The normalized spacial score (nSPS) is 10.5. The molecule has 0 N–H and O–H groups in total. The molecule has 1 aromatic heterocycles. The quantitative estimate of drug-likeness (QED) is 0.308. The lowest BCUT2D eigenvalue weighted by Crippen LogP contribution is -2.10. The number of carbonyl (C=O) groups is 1. The predicted octanol–water partition coefficient (Wildman–Crippen LogP) is 3.72. The van der Waals surface area contributed by atoms with Gasteiger partial charge in [-0.2, -0.15) is 4.98 Å². The summed E-state index contributed by atoms with van der Waals surface area (Å²) in [4.78, 5) is 27.4. The van der Waals surface area contributed by atoms with Crippen molar-refractivity contribution in [3.05, 3.63) is 63.5 Å². The van der Waals surface area contributed by atoms with Gasteiger partial charge in [0, 0.05) is 11.6 Å². The molecule has 0 saturated heterocycles. The monoisotopic (exact) mass is 413 g/mol. The Labute approximate surface area is 171 Å². The van der Waals surface area contributed by atoms with Crippen molar-refractivity contribution in [3.8, 4) is 22.9 Å². The molecule has 0 aliphatic heterocycles. The topological polar surface area (TPSA) is 127 Å². The molecule has 0 aliphatic rings. The summed E-state index contributed by atoms with van der Waals surface area (Å²) < 4.78 is 20.8. The SMILES string of the molecule is CCOc1cc(C(=O)OCc2nc(-c3ccccc3C)no2)c([N+](=O)[O-])cc1OC. The lowest BCUT2D eigenvalue weighted by molar-refractivity contribution is -0.385. The van der Waals surface area contributed by atoms with E-state index in [1.54, 1.807) is 6.92 Å². The van der Waals surface area contributed by atoms with E-state index in [9.17, 15) is 14.9 Å². The lowest BCUT2D eigenvalue weighted by atomic mass is 10.1. The second-order valence-corrected chi connectivity index (χ2v) is 6.11. The number of carbonyl (C=O) groups excluding carboxylic acids is 1. The zero-order chi connectivity index (χ0) is 21.7. The molecule has 3 rings (SSSR count). The Morgan fingerprint density at radius 1 is 1.23 bits per heavy atom. The van der Waals surface area contributed by atoms with E-state index in [2.05, 4.69) is 10.1 Å². The lowest BCUT2D eigenvalue weighted by Gasteiger charge is -2.11. The first-order chi connectivity index (χ1) is 14.4. The number of aromatic nitrogens is 2. The minimum atomic E-state index is -0.930. The smallest absolute Gasteiger partial charge is 0.345 e. The van der Waals surface area contributed by atoms with Gasteiger partial charge in [-0.15, -0.1) is 0 Å². The summed E-state index contributed by atoms with van der Waals surface area (Å²) in [6.45, 7) is 3.59. The van der Waals surface area contributed by atoms with E-state index in [1.807, 2.05) is 31.2 Å². The van der Waals surface area contributed by atoms with E-state index in [0.717, 1.165) is 17.2 Å². The van der Waals surface area contributed by atoms with Crippen LogP contribution in [-0.4, -0.2) is 34.7 Å². The fraction of sp³-hybridized carbons (Fsp3) is 0.250. The molecule has 1 heterocycles. The van der Waals surface area contributed by atoms with Crippen LogP contribution in [0.2, 0.25) is 0 Å². The van der Waals surface area contributed by atoms with Crippen molar-refractivity contribution >= 4 is 11.7 Å². The number of rotatable bonds is 8. The maximum absolute atomic E-state index is 12.5. The fourth-order valence-corrected chi connectivity index (χ4v) is 2.74. The maximum atomic E-state index is 12.5. The average molecular weight is 413 g/mol. The van der Waals surface area contributed by atoms with E-state index in [1.165, 1.54) is 13.2 Å². The third kappa shape index (κ3) is 4.37. The van der Waals surface area contributed by atoms with Gasteiger partial charge in [-0.1, -0.05) is 29.4 Å². The number of benzene rings is 2. The van der Waals surface area contributed by atoms with Crippen LogP contribution in [0.1, 0.15) is 28.7 Å². The van der Waals surface area contributed by atoms with Gasteiger partial charge in [0.1, 0.15) is 5.56 Å². The van der Waals surface area contributed by atoms with Crippen molar-refractivity contribution in [2.45, 2.75) is 20.5 Å². The van der Waals surface area contributed by atoms with Crippen LogP contribution in [-0.2, 0) is 11.3 Å². The van der Waals surface area contributed by atoms with Gasteiger partial charge in [0.15, 0.2) is 18.1 Å². The molecule has 0 radical (unpaired) electrons. The Kier molecular flexibility index (Phi) is 6.26. The van der Waals surface area contributed by atoms with Crippen LogP contribution in [0.25, 0.3) is 11.4 Å². The fourth-order valence-electron chi connectivity index (χ4n) is 2.74. The highest BCUT2D eigenvalue weighted by molar-refractivity contribution is 5.95. The zero-order valence-corrected chi connectivity index (χ0v) is 16.6. The molecule has 10 heteroatoms. The summed E-state index contributed by atoms with van der Waals surface area (Å²) in [7, 11) is 1.35. The minimum Gasteiger partial charge on any atom is -0.493 e. The van der Waals surface area contributed by atoms with Crippen molar-refractivity contribution < 1.29 is 28.5 Å². The summed E-state index contributed by atoms with van der Waals surface area (Å²) in [5.41, 5.74) is 0.999. The second kappa shape index (κ2) is 9.03. The van der Waals surface area contributed by atoms with E-state index < -0.39 is 16.6 Å². The Morgan fingerprint density at radius 2 is 2.00 bits per heavy atom. The third-order valence-electron chi connectivity index (χ3n) is 4.18. The first-order valence-corrected chi connectivity index (χ1v) is 8.99. The van der Waals surface area contributed by atoms with Crippen LogP contribution in [0, 0.1) is 17.0 Å². The van der Waals surface area contributed by atoms with Gasteiger partial charge < -0.3 is 18.7 Å². The van der Waals surface area contributed by atoms with Crippen LogP contribution in [0.5, 0.6) is 11.5 Å². The third-order valence-corrected chi connectivity index (χ3v) is 4.18. The number of nitrogens with zero attached hydrogens (tertiary/aromatic N) is 3. The zero-order valence-electron chi connectivity index (χ0n) is 16.6. The van der Waals surface area contributed by atoms with Gasteiger partial charge >= 0.3 is 5.97 Å². The van der Waals surface area contributed by atoms with E-state index >= 15 is 0 Å². The highest BCUT2D eigenvalue weighted by Crippen LogP contribution is 2.35. The van der Waals surface area contributed by atoms with E-state index in [-0.39, 0.29) is 36.2 Å². The summed E-state index contributed by atoms with van der Waals surface area (Å²) in [5.74, 6) is -0.186. The van der Waals surface area contributed by atoms with Crippen LogP contribution < -0.4 is 9.47 Å². The molecular formula is C20H19N3O7. The van der Waals surface area contributed by atoms with Gasteiger partial charge in [0.05, 0.1) is 24.7 Å². The summed E-state index contributed by atoms with van der Waals surface area (Å²) >= 11 is 0. The summed E-state index contributed by atoms with van der Waals surface area (Å²) in [6.07, 6.45) is 0. The average Bonchev–Trinajstić information content (AvgIpc) is 3.21. The van der Waals surface area contributed by atoms with Crippen molar-refractivity contribution in [2.24, 2.45) is 0 Å². The number of hydrogen-bond donors (Lipinski definition) is 0. The molecular weight excluding hydrogens is 394 g/mol. The molecule has 0 aliphatic carbocycles. The first-order valence-electron chi connectivity index (χ1n) is 8.99. The van der Waals surface area contributed by atoms with Crippen LogP contribution in [0.4, 0.5) is 5.69 Å². The Hall–Kier alpha value is -3.95. The molecule has 2 aromatic carbocycles. The number of methoxy groups -OCH3 is 1. The second-order valence-electron chi connectivity index (χ2n) is 6.11. The Balaban J connectivity index is 1.80. The minimum absolute atomic E-state index is 0.0581. The van der Waals surface area contributed by atoms with Crippen LogP contribution in [0.3, 0.4) is 0 Å². The number of nitro groups is 1. The largest absolute Gasteiger partial charge is 0.493 e. The predicted molar refractivity (Wildman–Crippen MR) is 104 cm³/mol. The van der Waals surface area contributed by atoms with Gasteiger partial charge in [0.25, 0.3) is 11.6 Å². The number of nitro benzene ring substituents is 1. The molecule has 0 bridgehead atoms. The standard InChI is InChI=1S/C20H19N3O7/c1-4-28-17-9-14(15(23(25)26)10-16(17)27-3)20(24)29-11-18-21-19(22-30-18)13-8-6-5-7-12(13)2/h5-10H,4,11H2,1-3H3. The Morgan fingerprint density at radius 3 is 2.67 bits per heavy atom. The molecule has 0 atom stereocenters. The van der Waals surface area contributed by atoms with Crippen molar-refractivity contribution in [1.82, 2.24) is 10.1 Å². The number of hydrogen-bond acceptors (Lipinski definition) is 9. The summed E-state index contributed by atoms with van der Waals surface area (Å²) in [6, 6.07) is 9.81.